The molecule has 5 heterocycles. The van der Waals surface area contributed by atoms with Gasteiger partial charge in [0, 0.05) is 18.7 Å². The molecule has 0 spiro atoms. The third-order valence-corrected chi connectivity index (χ3v) is 6.86. The highest BCUT2D eigenvalue weighted by atomic mass is 19.4. The minimum atomic E-state index is -4.50. The molecule has 1 aromatic carbocycles. The molecule has 3 aliphatic rings. The number of hydrogen-bond donors (Lipinski definition) is 1. The summed E-state index contributed by atoms with van der Waals surface area (Å²) in [5, 5.41) is 2.70. The highest BCUT2D eigenvalue weighted by molar-refractivity contribution is 6.03. The smallest absolute Gasteiger partial charge is 0.416 e. The third kappa shape index (κ3) is 5.23. The zero-order valence-corrected chi connectivity index (χ0v) is 21.7. The van der Waals surface area contributed by atoms with Crippen LogP contribution in [0.15, 0.2) is 42.9 Å². The first kappa shape index (κ1) is 26.2. The molecule has 2 amide bonds. The van der Waals surface area contributed by atoms with E-state index in [2.05, 4.69) is 30.2 Å². The van der Waals surface area contributed by atoms with Crippen LogP contribution in [0.3, 0.4) is 0 Å². The zero-order valence-electron chi connectivity index (χ0n) is 21.7. The van der Waals surface area contributed by atoms with Gasteiger partial charge in [0.15, 0.2) is 23.2 Å². The molecule has 2 saturated heterocycles. The number of fused-ring (bicyclic) bond motifs is 4. The number of amides is 2. The maximum Gasteiger partial charge on any atom is 0.416 e. The minimum Gasteiger partial charge on any atom is -0.488 e. The number of aromatic nitrogens is 4. The number of carbonyl (C=O) groups excluding carboxylic acids is 1. The Bertz CT molecular complexity index is 1420. The van der Waals surface area contributed by atoms with E-state index in [9.17, 15) is 18.0 Å². The fourth-order valence-corrected chi connectivity index (χ4v) is 4.99. The second-order valence-corrected chi connectivity index (χ2v) is 10.2. The van der Waals surface area contributed by atoms with Crippen molar-refractivity contribution in [3.05, 3.63) is 48.4 Å². The summed E-state index contributed by atoms with van der Waals surface area (Å²) >= 11 is 0. The van der Waals surface area contributed by atoms with Gasteiger partial charge in [0.25, 0.3) is 0 Å². The second kappa shape index (κ2) is 9.86. The van der Waals surface area contributed by atoms with Gasteiger partial charge in [0.1, 0.15) is 12.7 Å². The monoisotopic (exact) mass is 557 g/mol. The Morgan fingerprint density at radius 2 is 2.00 bits per heavy atom. The first-order valence-electron chi connectivity index (χ1n) is 12.7. The molecular formula is C26H26F3N7O4. The summed E-state index contributed by atoms with van der Waals surface area (Å²) in [7, 11) is 0. The molecule has 0 aliphatic carbocycles. The summed E-state index contributed by atoms with van der Waals surface area (Å²) in [6.45, 7) is 5.62. The molecule has 0 radical (unpaired) electrons. The highest BCUT2D eigenvalue weighted by Crippen LogP contribution is 2.40. The van der Waals surface area contributed by atoms with Crippen LogP contribution in [-0.2, 0) is 15.7 Å². The summed E-state index contributed by atoms with van der Waals surface area (Å²) in [6.07, 6.45) is 0.403. The van der Waals surface area contributed by atoms with Crippen LogP contribution in [0.2, 0.25) is 0 Å². The van der Waals surface area contributed by atoms with E-state index in [1.807, 2.05) is 13.8 Å². The van der Waals surface area contributed by atoms with E-state index in [4.69, 9.17) is 14.2 Å². The van der Waals surface area contributed by atoms with Crippen molar-refractivity contribution in [2.75, 3.05) is 41.4 Å². The zero-order chi connectivity index (χ0) is 28.1. The van der Waals surface area contributed by atoms with Crippen LogP contribution in [0, 0.1) is 0 Å². The quantitative estimate of drug-likeness (QED) is 0.495. The lowest BCUT2D eigenvalue weighted by molar-refractivity contribution is -0.141. The van der Waals surface area contributed by atoms with Crippen LogP contribution in [0.1, 0.15) is 25.8 Å². The Morgan fingerprint density at radius 3 is 2.73 bits per heavy atom. The Kier molecular flexibility index (Phi) is 6.45. The number of halogens is 3. The van der Waals surface area contributed by atoms with Crippen molar-refractivity contribution in [1.82, 2.24) is 19.9 Å². The van der Waals surface area contributed by atoms with Crippen molar-refractivity contribution in [2.24, 2.45) is 0 Å². The third-order valence-electron chi connectivity index (χ3n) is 6.86. The van der Waals surface area contributed by atoms with Gasteiger partial charge in [-0.25, -0.2) is 24.7 Å². The summed E-state index contributed by atoms with van der Waals surface area (Å²) < 4.78 is 56.7. The van der Waals surface area contributed by atoms with E-state index in [1.54, 1.807) is 6.20 Å². The lowest BCUT2D eigenvalue weighted by atomic mass is 10.1. The van der Waals surface area contributed by atoms with E-state index in [0.717, 1.165) is 12.1 Å². The van der Waals surface area contributed by atoms with Gasteiger partial charge in [-0.05, 0) is 32.4 Å². The number of hydrogen-bond acceptors (Lipinski definition) is 9. The number of nitrogens with zero attached hydrogens (tertiary/aromatic N) is 6. The molecular weight excluding hydrogens is 531 g/mol. The number of anilines is 3. The Labute approximate surface area is 227 Å². The van der Waals surface area contributed by atoms with Crippen LogP contribution in [-0.4, -0.2) is 70.2 Å². The average Bonchev–Trinajstić information content (AvgIpc) is 3.50. The number of nitrogens with one attached hydrogen (secondary N) is 1. The lowest BCUT2D eigenvalue weighted by Gasteiger charge is -2.35. The molecule has 2 fully saturated rings. The standard InChI is InChI=1S/C26H26F3N7O4/c1-25(2)39-14-19(40-25)13-38-18-9-31-23(32-10-18)34-24(37)36-17-6-7-35(12-17)20-11-30-21(33-22(20)36)15-4-3-5-16(8-15)26(27,28)29/h3-5,8-11,17,19H,6-7,12-14H2,1-2H3,(H,31,32,34,37). The average molecular weight is 558 g/mol. The van der Waals surface area contributed by atoms with Crippen LogP contribution < -0.4 is 19.9 Å². The molecule has 2 atom stereocenters. The normalized spacial score (nSPS) is 21.3. The Hall–Kier alpha value is -4.04. The van der Waals surface area contributed by atoms with Crippen molar-refractivity contribution < 1.29 is 32.2 Å². The summed E-state index contributed by atoms with van der Waals surface area (Å²) in [5.74, 6) is 0.215. The molecule has 0 saturated carbocycles. The van der Waals surface area contributed by atoms with E-state index in [1.165, 1.54) is 29.4 Å². The molecule has 2 aromatic heterocycles. The second-order valence-electron chi connectivity index (χ2n) is 10.2. The first-order chi connectivity index (χ1) is 19.1. The minimum absolute atomic E-state index is 0.0630. The first-order valence-corrected chi connectivity index (χ1v) is 12.7. The summed E-state index contributed by atoms with van der Waals surface area (Å²) in [6, 6.07) is 4.10. The van der Waals surface area contributed by atoms with Crippen molar-refractivity contribution >= 4 is 23.5 Å². The Balaban J connectivity index is 1.19. The van der Waals surface area contributed by atoms with Crippen LogP contribution in [0.5, 0.6) is 5.75 Å². The number of urea groups is 1. The number of benzene rings is 1. The molecule has 6 rings (SSSR count). The maximum absolute atomic E-state index is 13.4. The fraction of sp³-hybridized carbons (Fsp3) is 0.423. The predicted octanol–water partition coefficient (Wildman–Crippen LogP) is 4.11. The fourth-order valence-electron chi connectivity index (χ4n) is 4.99. The highest BCUT2D eigenvalue weighted by Gasteiger charge is 2.41. The van der Waals surface area contributed by atoms with Gasteiger partial charge in [0.05, 0.1) is 42.5 Å². The van der Waals surface area contributed by atoms with Crippen LogP contribution in [0.25, 0.3) is 11.4 Å². The number of alkyl halides is 3. The summed E-state index contributed by atoms with van der Waals surface area (Å²) in [4.78, 5) is 34.2. The SMILES string of the molecule is CC1(C)OCC(COc2cnc(NC(=O)N3c4nc(-c5cccc(C(F)(F)F)c5)ncc4N4CCC3C4)nc2)O1. The van der Waals surface area contributed by atoms with Crippen molar-refractivity contribution in [3.8, 4) is 17.1 Å². The number of rotatable bonds is 5. The molecule has 2 unspecified atom stereocenters. The van der Waals surface area contributed by atoms with Gasteiger partial charge in [-0.15, -0.1) is 0 Å². The van der Waals surface area contributed by atoms with Gasteiger partial charge in [-0.3, -0.25) is 10.2 Å². The molecule has 3 aliphatic heterocycles. The number of carbonyl (C=O) groups is 1. The van der Waals surface area contributed by atoms with Crippen LogP contribution >= 0.6 is 0 Å². The predicted molar refractivity (Wildman–Crippen MR) is 137 cm³/mol. The van der Waals surface area contributed by atoms with E-state index in [-0.39, 0.29) is 36.1 Å². The molecule has 11 nitrogen and oxygen atoms in total. The molecule has 40 heavy (non-hydrogen) atoms. The summed E-state index contributed by atoms with van der Waals surface area (Å²) in [5.41, 5.74) is 0.0239. The molecule has 210 valence electrons. The van der Waals surface area contributed by atoms with Gasteiger partial charge >= 0.3 is 12.2 Å². The van der Waals surface area contributed by atoms with E-state index >= 15 is 0 Å². The van der Waals surface area contributed by atoms with Crippen molar-refractivity contribution in [3.63, 3.8) is 0 Å². The molecule has 3 aromatic rings. The molecule has 2 bridgehead atoms. The molecule has 14 heteroatoms. The van der Waals surface area contributed by atoms with E-state index in [0.29, 0.717) is 43.4 Å². The van der Waals surface area contributed by atoms with Gasteiger partial charge in [-0.2, -0.15) is 13.2 Å². The number of ether oxygens (including phenoxy) is 3. The topological polar surface area (TPSA) is 115 Å². The largest absolute Gasteiger partial charge is 0.488 e. The molecule has 1 N–H and O–H groups in total. The van der Waals surface area contributed by atoms with Gasteiger partial charge < -0.3 is 19.1 Å². The maximum atomic E-state index is 13.4. The van der Waals surface area contributed by atoms with Crippen molar-refractivity contribution in [2.45, 2.75) is 44.4 Å². The van der Waals surface area contributed by atoms with Crippen molar-refractivity contribution in [1.29, 1.82) is 0 Å². The Morgan fingerprint density at radius 1 is 1.20 bits per heavy atom. The van der Waals surface area contributed by atoms with E-state index < -0.39 is 23.6 Å². The van der Waals surface area contributed by atoms with Gasteiger partial charge in [0.2, 0.25) is 5.95 Å². The van der Waals surface area contributed by atoms with Gasteiger partial charge in [-0.1, -0.05) is 12.1 Å². The van der Waals surface area contributed by atoms with Crippen LogP contribution in [0.4, 0.5) is 35.4 Å². The lowest BCUT2D eigenvalue weighted by Crippen LogP contribution is -2.48.